The summed E-state index contributed by atoms with van der Waals surface area (Å²) in [5, 5.41) is 0. The van der Waals surface area contributed by atoms with Crippen molar-refractivity contribution >= 4 is 37.0 Å². The van der Waals surface area contributed by atoms with Gasteiger partial charge in [0, 0.05) is 29.1 Å². The topological polar surface area (TPSA) is 62.1 Å². The molecule has 0 amide bonds. The monoisotopic (exact) mass is 528 g/mol. The summed E-state index contributed by atoms with van der Waals surface area (Å²) in [5.74, 6) is 1.07. The van der Waals surface area contributed by atoms with Crippen molar-refractivity contribution in [2.45, 2.75) is 13.3 Å². The van der Waals surface area contributed by atoms with Crippen LogP contribution in [0.4, 0.5) is 0 Å². The highest BCUT2D eigenvalue weighted by Gasteiger charge is 2.17. The van der Waals surface area contributed by atoms with E-state index in [-0.39, 0.29) is 0 Å². The third-order valence-electron chi connectivity index (χ3n) is 5.17. The van der Waals surface area contributed by atoms with Crippen molar-refractivity contribution in [1.82, 2.24) is 19.5 Å². The summed E-state index contributed by atoms with van der Waals surface area (Å²) in [6, 6.07) is 14.3. The van der Waals surface area contributed by atoms with Gasteiger partial charge in [-0.05, 0) is 64.5 Å². The van der Waals surface area contributed by atoms with E-state index in [9.17, 15) is 0 Å². The minimum atomic E-state index is -0.598. The molecule has 0 aliphatic heterocycles. The van der Waals surface area contributed by atoms with Crippen LogP contribution >= 0.6 is 26.0 Å². The first kappa shape index (κ1) is 23.9. The van der Waals surface area contributed by atoms with Gasteiger partial charge in [0.05, 0.1) is 42.0 Å². The van der Waals surface area contributed by atoms with Gasteiger partial charge in [0.15, 0.2) is 0 Å². The first-order valence-corrected chi connectivity index (χ1v) is 14.5. The van der Waals surface area contributed by atoms with Crippen LogP contribution in [0.3, 0.4) is 0 Å². The Hall–Kier alpha value is -2.26. The predicted molar refractivity (Wildman–Crippen MR) is 141 cm³/mol. The SMILES string of the molecule is COCc1cccc(-c2c(-c3ccc4ncc(Br)cc4n3)ncn2COCCS(C)(C)C)c1. The van der Waals surface area contributed by atoms with Crippen molar-refractivity contribution in [3.05, 3.63) is 65.0 Å². The summed E-state index contributed by atoms with van der Waals surface area (Å²) in [4.78, 5) is 14.1. The third kappa shape index (κ3) is 6.00. The second kappa shape index (κ2) is 10.3. The molecule has 0 aliphatic carbocycles. The first-order valence-electron chi connectivity index (χ1n) is 10.6. The van der Waals surface area contributed by atoms with E-state index < -0.39 is 10.0 Å². The Labute approximate surface area is 204 Å². The number of hydrogen-bond donors (Lipinski definition) is 0. The maximum Gasteiger partial charge on any atom is 0.124 e. The summed E-state index contributed by atoms with van der Waals surface area (Å²) in [6.07, 6.45) is 10.5. The molecule has 8 heteroatoms. The van der Waals surface area contributed by atoms with Crippen molar-refractivity contribution in [1.29, 1.82) is 0 Å². The molecule has 0 saturated heterocycles. The maximum atomic E-state index is 6.05. The lowest BCUT2D eigenvalue weighted by molar-refractivity contribution is 0.0907. The molecule has 0 atom stereocenters. The van der Waals surface area contributed by atoms with E-state index >= 15 is 0 Å². The molecule has 0 saturated carbocycles. The van der Waals surface area contributed by atoms with Gasteiger partial charge in [-0.15, -0.1) is 0 Å². The van der Waals surface area contributed by atoms with Crippen LogP contribution in [-0.2, 0) is 22.8 Å². The average molecular weight is 530 g/mol. The first-order chi connectivity index (χ1) is 15.8. The zero-order valence-electron chi connectivity index (χ0n) is 19.4. The second-order valence-electron chi connectivity index (χ2n) is 8.77. The Balaban J connectivity index is 1.74. The van der Waals surface area contributed by atoms with Crippen molar-refractivity contribution in [2.75, 3.05) is 38.2 Å². The van der Waals surface area contributed by atoms with Crippen LogP contribution in [0.25, 0.3) is 33.7 Å². The fraction of sp³-hybridized carbons (Fsp3) is 0.320. The Morgan fingerprint density at radius 2 is 1.88 bits per heavy atom. The molecule has 0 unspecified atom stereocenters. The molecule has 0 fully saturated rings. The second-order valence-corrected chi connectivity index (χ2v) is 14.3. The number of halogens is 1. The molecule has 0 aliphatic rings. The number of aromatic nitrogens is 4. The third-order valence-corrected chi connectivity index (χ3v) is 6.99. The number of rotatable bonds is 9. The molecule has 0 radical (unpaired) electrons. The van der Waals surface area contributed by atoms with E-state index in [1.807, 2.05) is 30.6 Å². The van der Waals surface area contributed by atoms with Gasteiger partial charge < -0.3 is 14.0 Å². The molecule has 174 valence electrons. The van der Waals surface area contributed by atoms with Crippen LogP contribution in [0.15, 0.2) is 59.5 Å². The Kier molecular flexibility index (Phi) is 7.48. The number of methoxy groups -OCH3 is 1. The lowest BCUT2D eigenvalue weighted by Crippen LogP contribution is -2.10. The van der Waals surface area contributed by atoms with Crippen LogP contribution < -0.4 is 0 Å². The molecule has 4 rings (SSSR count). The molecule has 1 aromatic carbocycles. The molecular weight excluding hydrogens is 500 g/mol. The molecule has 6 nitrogen and oxygen atoms in total. The largest absolute Gasteiger partial charge is 0.380 e. The summed E-state index contributed by atoms with van der Waals surface area (Å²) >= 11 is 3.49. The highest BCUT2D eigenvalue weighted by Crippen LogP contribution is 2.34. The van der Waals surface area contributed by atoms with E-state index in [4.69, 9.17) is 19.4 Å². The molecule has 3 aromatic heterocycles. The number of hydrogen-bond acceptors (Lipinski definition) is 5. The number of nitrogens with zero attached hydrogens (tertiary/aromatic N) is 4. The molecule has 0 spiro atoms. The van der Waals surface area contributed by atoms with Gasteiger partial charge in [0.2, 0.25) is 0 Å². The molecule has 0 bridgehead atoms. The van der Waals surface area contributed by atoms with Gasteiger partial charge in [-0.25, -0.2) is 20.0 Å². The maximum absolute atomic E-state index is 6.05. The van der Waals surface area contributed by atoms with E-state index in [1.54, 1.807) is 13.3 Å². The van der Waals surface area contributed by atoms with Crippen molar-refractivity contribution in [3.8, 4) is 22.6 Å². The molecule has 3 heterocycles. The Morgan fingerprint density at radius 3 is 2.67 bits per heavy atom. The highest BCUT2D eigenvalue weighted by atomic mass is 79.9. The highest BCUT2D eigenvalue weighted by molar-refractivity contribution is 9.10. The minimum absolute atomic E-state index is 0.438. The Bertz CT molecular complexity index is 1250. The summed E-state index contributed by atoms with van der Waals surface area (Å²) in [6.45, 7) is 1.71. The summed E-state index contributed by atoms with van der Waals surface area (Å²) in [5.41, 5.74) is 6.41. The van der Waals surface area contributed by atoms with E-state index in [0.29, 0.717) is 13.3 Å². The molecule has 4 aromatic rings. The van der Waals surface area contributed by atoms with E-state index in [1.165, 1.54) is 0 Å². The normalized spacial score (nSPS) is 12.4. The van der Waals surface area contributed by atoms with Crippen molar-refractivity contribution in [3.63, 3.8) is 0 Å². The van der Waals surface area contributed by atoms with Gasteiger partial charge in [0.1, 0.15) is 12.4 Å². The van der Waals surface area contributed by atoms with Crippen LogP contribution in [0.1, 0.15) is 5.56 Å². The zero-order valence-corrected chi connectivity index (χ0v) is 21.8. The van der Waals surface area contributed by atoms with Crippen LogP contribution in [0.5, 0.6) is 0 Å². The standard InChI is InChI=1S/C25H29BrN4O2S/c1-31-15-18-6-5-7-19(12-18)25-24(28-16-30(25)17-32-10-11-33(2,3)4)22-9-8-21-23(29-22)13-20(26)14-27-21/h5-9,12-14,16H,10-11,15,17H2,1-4H3. The van der Waals surface area contributed by atoms with E-state index in [0.717, 1.165) is 56.1 Å². The minimum Gasteiger partial charge on any atom is -0.380 e. The van der Waals surface area contributed by atoms with E-state index in [2.05, 4.69) is 62.4 Å². The van der Waals surface area contributed by atoms with Crippen molar-refractivity contribution < 1.29 is 9.47 Å². The lowest BCUT2D eigenvalue weighted by atomic mass is 10.0. The van der Waals surface area contributed by atoms with Crippen molar-refractivity contribution in [2.24, 2.45) is 0 Å². The quantitative estimate of drug-likeness (QED) is 0.259. The molecule has 0 N–H and O–H groups in total. The average Bonchev–Trinajstić information content (AvgIpc) is 3.20. The number of imidazole rings is 1. The summed E-state index contributed by atoms with van der Waals surface area (Å²) < 4.78 is 14.4. The summed E-state index contributed by atoms with van der Waals surface area (Å²) in [7, 11) is 1.11. The van der Waals surface area contributed by atoms with Gasteiger partial charge in [-0.1, -0.05) is 18.2 Å². The van der Waals surface area contributed by atoms with Crippen LogP contribution in [0.2, 0.25) is 0 Å². The number of ether oxygens (including phenoxy) is 2. The lowest BCUT2D eigenvalue weighted by Gasteiger charge is -2.24. The predicted octanol–water partition coefficient (Wildman–Crippen LogP) is 5.74. The van der Waals surface area contributed by atoms with Gasteiger partial charge in [-0.3, -0.25) is 4.98 Å². The van der Waals surface area contributed by atoms with Gasteiger partial charge in [-0.2, -0.15) is 0 Å². The van der Waals surface area contributed by atoms with Crippen LogP contribution in [0, 0.1) is 0 Å². The molecule has 33 heavy (non-hydrogen) atoms. The zero-order chi connectivity index (χ0) is 23.4. The smallest absolute Gasteiger partial charge is 0.124 e. The van der Waals surface area contributed by atoms with Gasteiger partial charge >= 0.3 is 0 Å². The Morgan fingerprint density at radius 1 is 1.03 bits per heavy atom. The molecular formula is C25H29BrN4O2S. The van der Waals surface area contributed by atoms with Crippen LogP contribution in [-0.4, -0.2) is 57.8 Å². The number of pyridine rings is 2. The number of fused-ring (bicyclic) bond motifs is 1. The number of benzene rings is 1. The van der Waals surface area contributed by atoms with Gasteiger partial charge in [0.25, 0.3) is 0 Å². The fourth-order valence-corrected chi connectivity index (χ4v) is 4.47. The fourth-order valence-electron chi connectivity index (χ4n) is 3.53.